The zero-order valence-electron chi connectivity index (χ0n) is 13.0. The Kier molecular flexibility index (Phi) is 12.4. The molecule has 0 unspecified atom stereocenters. The molecule has 1 aliphatic heterocycles. The number of rotatable bonds is 7. The molecule has 23 heavy (non-hydrogen) atoms. The van der Waals surface area contributed by atoms with Gasteiger partial charge in [-0.05, 0) is 25.7 Å². The first-order chi connectivity index (χ1) is 9.79. The van der Waals surface area contributed by atoms with Crippen molar-refractivity contribution in [2.75, 3.05) is 25.9 Å². The van der Waals surface area contributed by atoms with E-state index in [0.717, 1.165) is 25.6 Å². The number of guanidine groups is 1. The normalized spacial score (nSPS) is 16.3. The van der Waals surface area contributed by atoms with Crippen LogP contribution in [0.25, 0.3) is 0 Å². The van der Waals surface area contributed by atoms with E-state index in [1.54, 1.807) is 5.01 Å². The summed E-state index contributed by atoms with van der Waals surface area (Å²) in [7, 11) is -3.38. The molecule has 0 spiro atoms. The van der Waals surface area contributed by atoms with Crippen LogP contribution in [-0.2, 0) is 14.8 Å². The van der Waals surface area contributed by atoms with Crippen LogP contribution < -0.4 is 21.6 Å². The minimum atomic E-state index is -3.38. The lowest BCUT2D eigenvalue weighted by Gasteiger charge is -2.19. The van der Waals surface area contributed by atoms with Crippen molar-refractivity contribution in [3.8, 4) is 0 Å². The van der Waals surface area contributed by atoms with E-state index in [2.05, 4.69) is 15.1 Å². The van der Waals surface area contributed by atoms with Crippen molar-refractivity contribution in [2.24, 2.45) is 16.5 Å². The van der Waals surface area contributed by atoms with E-state index in [1.807, 2.05) is 0 Å². The van der Waals surface area contributed by atoms with Crippen LogP contribution in [0.3, 0.4) is 0 Å². The lowest BCUT2D eigenvalue weighted by molar-refractivity contribution is -0.134. The van der Waals surface area contributed by atoms with E-state index in [0.29, 0.717) is 25.9 Å². The number of nitrogens with two attached hydrogens (primary N) is 2. The average molecular weight is 393 g/mol. The summed E-state index contributed by atoms with van der Waals surface area (Å²) in [6, 6.07) is -0.522. The number of nitrogens with zero attached hydrogens (tertiary/aromatic N) is 2. The Balaban J connectivity index is 0. The van der Waals surface area contributed by atoms with Crippen LogP contribution >= 0.6 is 24.8 Å². The number of hydrogen-bond donors (Lipinski definition) is 4. The smallest absolute Gasteiger partial charge is 0.253 e. The maximum absolute atomic E-state index is 11.9. The third-order valence-electron chi connectivity index (χ3n) is 2.94. The molecule has 0 radical (unpaired) electrons. The van der Waals surface area contributed by atoms with Crippen LogP contribution in [0.15, 0.2) is 4.99 Å². The van der Waals surface area contributed by atoms with Crippen LogP contribution in [-0.4, -0.2) is 57.2 Å². The molecular formula is C11H26Cl2N6O3S. The largest absolute Gasteiger partial charge is 0.369 e. The summed E-state index contributed by atoms with van der Waals surface area (Å²) in [5.74, 6) is -0.214. The molecule has 1 amide bonds. The number of halogens is 2. The average Bonchev–Trinajstić information content (AvgIpc) is 2.88. The van der Waals surface area contributed by atoms with E-state index in [9.17, 15) is 13.2 Å². The molecule has 0 bridgehead atoms. The Hall–Kier alpha value is -0.810. The second-order valence-corrected chi connectivity index (χ2v) is 6.74. The fraction of sp³-hybridized carbons (Fsp3) is 0.818. The van der Waals surface area contributed by atoms with Gasteiger partial charge in [-0.1, -0.05) is 0 Å². The van der Waals surface area contributed by atoms with Crippen molar-refractivity contribution in [2.45, 2.75) is 31.7 Å². The molecule has 1 fully saturated rings. The van der Waals surface area contributed by atoms with Gasteiger partial charge in [-0.3, -0.25) is 19.5 Å². The standard InChI is InChI=1S/C11H24N6O3S.2ClH/c1-21(19,20)16-11(13)14-6-3-2-5-9(12)10(18)17-8-4-7-15-17;;/h9,15H,2-8,12H2,1H3,(H3,13,14,16);2*1H/t9-;;/m0../s1. The highest BCUT2D eigenvalue weighted by atomic mass is 35.5. The monoisotopic (exact) mass is 392 g/mol. The third-order valence-corrected chi connectivity index (χ3v) is 3.52. The van der Waals surface area contributed by atoms with Gasteiger partial charge in [0.2, 0.25) is 16.0 Å². The summed E-state index contributed by atoms with van der Waals surface area (Å²) in [6.07, 6.45) is 3.91. The van der Waals surface area contributed by atoms with Gasteiger partial charge in [-0.2, -0.15) is 0 Å². The van der Waals surface area contributed by atoms with Crippen molar-refractivity contribution in [3.63, 3.8) is 0 Å². The van der Waals surface area contributed by atoms with E-state index in [-0.39, 0.29) is 36.7 Å². The van der Waals surface area contributed by atoms with Gasteiger partial charge in [0.25, 0.3) is 5.91 Å². The molecule has 0 aromatic rings. The Bertz CT molecular complexity index is 482. The van der Waals surface area contributed by atoms with E-state index in [4.69, 9.17) is 11.5 Å². The summed E-state index contributed by atoms with van der Waals surface area (Å²) >= 11 is 0. The molecule has 0 aromatic heterocycles. The summed E-state index contributed by atoms with van der Waals surface area (Å²) in [6.45, 7) is 1.89. The molecular weight excluding hydrogens is 367 g/mol. The first-order valence-corrected chi connectivity index (χ1v) is 8.77. The molecule has 12 heteroatoms. The number of nitrogens with one attached hydrogen (secondary N) is 2. The fourth-order valence-corrected chi connectivity index (χ4v) is 2.38. The van der Waals surface area contributed by atoms with Gasteiger partial charge in [-0.15, -0.1) is 24.8 Å². The minimum absolute atomic E-state index is 0. The van der Waals surface area contributed by atoms with Crippen molar-refractivity contribution < 1.29 is 13.2 Å². The molecule has 1 saturated heterocycles. The van der Waals surface area contributed by atoms with Gasteiger partial charge in [0.05, 0.1) is 12.3 Å². The van der Waals surface area contributed by atoms with Crippen LogP contribution in [0.1, 0.15) is 25.7 Å². The molecule has 0 aliphatic carbocycles. The topological polar surface area (TPSA) is 143 Å². The third kappa shape index (κ3) is 10.6. The predicted molar refractivity (Wildman–Crippen MR) is 95.1 cm³/mol. The summed E-state index contributed by atoms with van der Waals surface area (Å²) in [4.78, 5) is 15.8. The van der Waals surface area contributed by atoms with Crippen LogP contribution in [0.5, 0.6) is 0 Å². The first kappa shape index (κ1) is 24.4. The number of carbonyl (C=O) groups is 1. The first-order valence-electron chi connectivity index (χ1n) is 6.88. The Morgan fingerprint density at radius 3 is 2.57 bits per heavy atom. The van der Waals surface area contributed by atoms with Gasteiger partial charge >= 0.3 is 0 Å². The zero-order valence-corrected chi connectivity index (χ0v) is 15.5. The van der Waals surface area contributed by atoms with E-state index in [1.165, 1.54) is 0 Å². The Labute approximate surface area is 149 Å². The van der Waals surface area contributed by atoms with Crippen molar-refractivity contribution >= 4 is 46.7 Å². The van der Waals surface area contributed by atoms with Crippen LogP contribution in [0, 0.1) is 0 Å². The summed E-state index contributed by atoms with van der Waals surface area (Å²) in [5, 5.41) is 1.57. The molecule has 1 heterocycles. The predicted octanol–water partition coefficient (Wildman–Crippen LogP) is -1.07. The second kappa shape index (κ2) is 11.7. The number of aliphatic imine (C=N–C) groups is 1. The number of carbonyl (C=O) groups excluding carboxylic acids is 1. The lowest BCUT2D eigenvalue weighted by Crippen LogP contribution is -2.47. The number of sulfonamides is 1. The second-order valence-electron chi connectivity index (χ2n) is 5.00. The molecule has 1 rings (SSSR count). The summed E-state index contributed by atoms with van der Waals surface area (Å²) < 4.78 is 23.8. The highest BCUT2D eigenvalue weighted by Crippen LogP contribution is 2.05. The van der Waals surface area contributed by atoms with E-state index < -0.39 is 16.1 Å². The highest BCUT2D eigenvalue weighted by Gasteiger charge is 2.22. The van der Waals surface area contributed by atoms with Gasteiger partial charge in [0.15, 0.2) is 0 Å². The maximum atomic E-state index is 11.9. The SMILES string of the molecule is CS(=O)(=O)NC(N)=NCCCC[C@H](N)C(=O)N1CCCN1.Cl.Cl. The van der Waals surface area contributed by atoms with Gasteiger partial charge in [-0.25, -0.2) is 13.8 Å². The van der Waals surface area contributed by atoms with Crippen LogP contribution in [0.4, 0.5) is 0 Å². The molecule has 9 nitrogen and oxygen atoms in total. The molecule has 0 saturated carbocycles. The van der Waals surface area contributed by atoms with Gasteiger partial charge in [0.1, 0.15) is 0 Å². The lowest BCUT2D eigenvalue weighted by atomic mass is 10.1. The quantitative estimate of drug-likeness (QED) is 0.246. The Morgan fingerprint density at radius 2 is 2.04 bits per heavy atom. The molecule has 6 N–H and O–H groups in total. The highest BCUT2D eigenvalue weighted by molar-refractivity contribution is 7.89. The molecule has 0 aromatic carbocycles. The van der Waals surface area contributed by atoms with Crippen LogP contribution in [0.2, 0.25) is 0 Å². The Morgan fingerprint density at radius 1 is 1.39 bits per heavy atom. The number of amides is 1. The van der Waals surface area contributed by atoms with Crippen molar-refractivity contribution in [1.29, 1.82) is 0 Å². The van der Waals surface area contributed by atoms with E-state index >= 15 is 0 Å². The molecule has 1 aliphatic rings. The van der Waals surface area contributed by atoms with Gasteiger partial charge in [0, 0.05) is 19.6 Å². The molecule has 1 atom stereocenters. The maximum Gasteiger partial charge on any atom is 0.253 e. The van der Waals surface area contributed by atoms with Crippen molar-refractivity contribution in [3.05, 3.63) is 0 Å². The number of hydrogen-bond acceptors (Lipinski definition) is 6. The fourth-order valence-electron chi connectivity index (χ4n) is 1.94. The summed E-state index contributed by atoms with van der Waals surface area (Å²) in [5.41, 5.74) is 14.2. The number of hydrazine groups is 1. The zero-order chi connectivity index (χ0) is 15.9. The minimum Gasteiger partial charge on any atom is -0.369 e. The van der Waals surface area contributed by atoms with Crippen molar-refractivity contribution in [1.82, 2.24) is 15.2 Å². The molecule has 138 valence electrons. The van der Waals surface area contributed by atoms with Gasteiger partial charge < -0.3 is 11.5 Å². The number of unbranched alkanes of at least 4 members (excludes halogenated alkanes) is 1.